The average molecular weight is 267 g/mol. The molecule has 2 nitrogen and oxygen atoms in total. The van der Waals surface area contributed by atoms with E-state index in [0.29, 0.717) is 11.8 Å². The van der Waals surface area contributed by atoms with E-state index in [4.69, 9.17) is 4.74 Å². The third-order valence-electron chi connectivity index (χ3n) is 2.64. The van der Waals surface area contributed by atoms with E-state index in [1.807, 2.05) is 59.9 Å². The summed E-state index contributed by atoms with van der Waals surface area (Å²) >= 11 is 0. The first-order valence-corrected chi connectivity index (χ1v) is 7.86. The monoisotopic (exact) mass is 267 g/mol. The largest absolute Gasteiger partial charge is 0.492 e. The summed E-state index contributed by atoms with van der Waals surface area (Å²) in [6.45, 7) is 17.3. The molecule has 1 aliphatic heterocycles. The smallest absolute Gasteiger partial charge is 0.141 e. The van der Waals surface area contributed by atoms with Gasteiger partial charge in [-0.05, 0) is 24.5 Å². The number of nitrogens with zero attached hydrogens (tertiary/aromatic N) is 1. The standard InChI is InChI=1S/C11H15NO.3C2H6/c1-8(2)9-5-7-13-10-4-3-6-12-11(9)10;3*1-2/h3-4,6,8-9H,5,7H2,1-2H3;3*1-2H3. The van der Waals surface area contributed by atoms with Gasteiger partial charge in [0.1, 0.15) is 5.75 Å². The van der Waals surface area contributed by atoms with Crippen LogP contribution in [0.5, 0.6) is 5.75 Å². The number of fused-ring (bicyclic) bond motifs is 1. The lowest BCUT2D eigenvalue weighted by molar-refractivity contribution is 0.242. The molecule has 1 aromatic rings. The summed E-state index contributed by atoms with van der Waals surface area (Å²) < 4.78 is 5.54. The van der Waals surface area contributed by atoms with Gasteiger partial charge in [0, 0.05) is 12.1 Å². The zero-order chi connectivity index (χ0) is 15.3. The Morgan fingerprint density at radius 1 is 1.11 bits per heavy atom. The third kappa shape index (κ3) is 6.60. The van der Waals surface area contributed by atoms with E-state index in [1.54, 1.807) is 0 Å². The number of aromatic nitrogens is 1. The molecule has 2 heteroatoms. The molecule has 0 amide bonds. The van der Waals surface area contributed by atoms with Crippen LogP contribution in [-0.4, -0.2) is 11.6 Å². The SMILES string of the molecule is CC.CC.CC.CC(C)C1CCOc2cccnc21. The van der Waals surface area contributed by atoms with E-state index < -0.39 is 0 Å². The fourth-order valence-electron chi connectivity index (χ4n) is 1.88. The molecule has 1 unspecified atom stereocenters. The second-order valence-electron chi connectivity index (χ2n) is 3.87. The Morgan fingerprint density at radius 3 is 2.21 bits per heavy atom. The van der Waals surface area contributed by atoms with E-state index in [0.717, 1.165) is 24.5 Å². The predicted molar refractivity (Wildman–Crippen MR) is 86.0 cm³/mol. The molecule has 0 spiro atoms. The van der Waals surface area contributed by atoms with Crippen molar-refractivity contribution in [3.05, 3.63) is 24.0 Å². The van der Waals surface area contributed by atoms with E-state index in [2.05, 4.69) is 18.8 Å². The van der Waals surface area contributed by atoms with Crippen LogP contribution in [-0.2, 0) is 0 Å². The van der Waals surface area contributed by atoms with Crippen molar-refractivity contribution in [2.45, 2.75) is 67.7 Å². The second-order valence-corrected chi connectivity index (χ2v) is 3.87. The molecular formula is C17H33NO. The maximum atomic E-state index is 5.54. The minimum atomic E-state index is 0.574. The summed E-state index contributed by atoms with van der Waals surface area (Å²) in [7, 11) is 0. The molecule has 0 fully saturated rings. The van der Waals surface area contributed by atoms with Crippen LogP contribution in [0.25, 0.3) is 0 Å². The fraction of sp³-hybridized carbons (Fsp3) is 0.706. The molecule has 112 valence electrons. The lowest BCUT2D eigenvalue weighted by Crippen LogP contribution is -2.19. The summed E-state index contributed by atoms with van der Waals surface area (Å²) in [6, 6.07) is 3.94. The van der Waals surface area contributed by atoms with Crippen LogP contribution in [0.3, 0.4) is 0 Å². The van der Waals surface area contributed by atoms with Crippen LogP contribution in [0.1, 0.15) is 73.4 Å². The van der Waals surface area contributed by atoms with Gasteiger partial charge in [0.25, 0.3) is 0 Å². The molecule has 2 rings (SSSR count). The van der Waals surface area contributed by atoms with Gasteiger partial charge in [0.2, 0.25) is 0 Å². The lowest BCUT2D eigenvalue weighted by atomic mass is 9.87. The molecule has 0 N–H and O–H groups in total. The highest BCUT2D eigenvalue weighted by molar-refractivity contribution is 5.31. The van der Waals surface area contributed by atoms with Crippen molar-refractivity contribution in [3.63, 3.8) is 0 Å². The molecule has 1 aliphatic rings. The highest BCUT2D eigenvalue weighted by Crippen LogP contribution is 2.35. The summed E-state index contributed by atoms with van der Waals surface area (Å²) in [5.74, 6) is 2.20. The van der Waals surface area contributed by atoms with Crippen molar-refractivity contribution in [1.29, 1.82) is 0 Å². The Kier molecular flexibility index (Phi) is 14.3. The molecule has 1 atom stereocenters. The van der Waals surface area contributed by atoms with Crippen molar-refractivity contribution >= 4 is 0 Å². The number of rotatable bonds is 1. The molecule has 0 aromatic carbocycles. The zero-order valence-electron chi connectivity index (χ0n) is 14.2. The van der Waals surface area contributed by atoms with Crippen LogP contribution < -0.4 is 4.74 Å². The van der Waals surface area contributed by atoms with Gasteiger partial charge in [-0.2, -0.15) is 0 Å². The highest BCUT2D eigenvalue weighted by atomic mass is 16.5. The number of ether oxygens (including phenoxy) is 1. The van der Waals surface area contributed by atoms with Crippen molar-refractivity contribution in [3.8, 4) is 5.75 Å². The van der Waals surface area contributed by atoms with Crippen LogP contribution in [0.15, 0.2) is 18.3 Å². The Bertz CT molecular complexity index is 297. The highest BCUT2D eigenvalue weighted by Gasteiger charge is 2.24. The van der Waals surface area contributed by atoms with Gasteiger partial charge < -0.3 is 4.74 Å². The molecule has 19 heavy (non-hydrogen) atoms. The first-order valence-electron chi connectivity index (χ1n) is 7.86. The van der Waals surface area contributed by atoms with Crippen molar-refractivity contribution in [1.82, 2.24) is 4.98 Å². The Labute approximate surface area is 120 Å². The first-order chi connectivity index (χ1) is 9.29. The maximum absolute atomic E-state index is 5.54. The number of hydrogen-bond acceptors (Lipinski definition) is 2. The summed E-state index contributed by atoms with van der Waals surface area (Å²) in [4.78, 5) is 4.40. The van der Waals surface area contributed by atoms with Gasteiger partial charge in [-0.25, -0.2) is 0 Å². The Hall–Kier alpha value is -1.05. The van der Waals surface area contributed by atoms with Crippen molar-refractivity contribution in [2.24, 2.45) is 5.92 Å². The molecule has 0 saturated heterocycles. The topological polar surface area (TPSA) is 22.1 Å². The molecule has 1 aromatic heterocycles. The molecule has 0 aliphatic carbocycles. The number of hydrogen-bond donors (Lipinski definition) is 0. The zero-order valence-corrected chi connectivity index (χ0v) is 14.2. The molecular weight excluding hydrogens is 234 g/mol. The third-order valence-corrected chi connectivity index (χ3v) is 2.64. The quantitative estimate of drug-likeness (QED) is 0.653. The van der Waals surface area contributed by atoms with Gasteiger partial charge in [-0.3, -0.25) is 4.98 Å². The average Bonchev–Trinajstić information content (AvgIpc) is 2.52. The molecule has 2 heterocycles. The summed E-state index contributed by atoms with van der Waals surface area (Å²) in [5, 5.41) is 0. The number of pyridine rings is 1. The van der Waals surface area contributed by atoms with Crippen LogP contribution in [0.4, 0.5) is 0 Å². The minimum Gasteiger partial charge on any atom is -0.492 e. The summed E-state index contributed by atoms with van der Waals surface area (Å²) in [6.07, 6.45) is 2.95. The van der Waals surface area contributed by atoms with Gasteiger partial charge in [-0.15, -0.1) is 0 Å². The lowest BCUT2D eigenvalue weighted by Gasteiger charge is -2.27. The predicted octanol–water partition coefficient (Wildman–Crippen LogP) is 5.68. The fourth-order valence-corrected chi connectivity index (χ4v) is 1.88. The van der Waals surface area contributed by atoms with Crippen molar-refractivity contribution in [2.75, 3.05) is 6.61 Å². The summed E-state index contributed by atoms with van der Waals surface area (Å²) in [5.41, 5.74) is 1.14. The normalized spacial score (nSPS) is 15.3. The van der Waals surface area contributed by atoms with E-state index in [9.17, 15) is 0 Å². The molecule has 0 saturated carbocycles. The van der Waals surface area contributed by atoms with E-state index in [-0.39, 0.29) is 0 Å². The van der Waals surface area contributed by atoms with Gasteiger partial charge >= 0.3 is 0 Å². The van der Waals surface area contributed by atoms with Crippen molar-refractivity contribution < 1.29 is 4.74 Å². The van der Waals surface area contributed by atoms with Gasteiger partial charge in [0.05, 0.1) is 12.3 Å². The maximum Gasteiger partial charge on any atom is 0.141 e. The van der Waals surface area contributed by atoms with Gasteiger partial charge in [0.15, 0.2) is 0 Å². The van der Waals surface area contributed by atoms with Gasteiger partial charge in [-0.1, -0.05) is 55.4 Å². The first kappa shape index (κ1) is 20.3. The van der Waals surface area contributed by atoms with Crippen LogP contribution in [0.2, 0.25) is 0 Å². The second kappa shape index (κ2) is 13.4. The van der Waals surface area contributed by atoms with Crippen LogP contribution in [0, 0.1) is 5.92 Å². The van der Waals surface area contributed by atoms with Crippen LogP contribution >= 0.6 is 0 Å². The Balaban J connectivity index is 0. The molecule has 0 radical (unpaired) electrons. The Morgan fingerprint density at radius 2 is 1.68 bits per heavy atom. The minimum absolute atomic E-state index is 0.574. The van der Waals surface area contributed by atoms with E-state index >= 15 is 0 Å². The van der Waals surface area contributed by atoms with E-state index in [1.165, 1.54) is 0 Å². The molecule has 0 bridgehead atoms.